The Hall–Kier alpha value is -2.55. The minimum absolute atomic E-state index is 0.136. The predicted molar refractivity (Wildman–Crippen MR) is 95.8 cm³/mol. The molecule has 3 nitrogen and oxygen atoms in total. The van der Waals surface area contributed by atoms with Crippen LogP contribution in [0.1, 0.15) is 37.3 Å². The second-order valence-electron chi connectivity index (χ2n) is 5.50. The standard InChI is InChI=1S/C20H23NO2/c1-4-15(2)18-10-5-6-11-19(18)21-20(22)13-12-16-8-7-9-17(14-16)23-3/h5-15H,4H2,1-3H3,(H,21,22)/b13-12+. The van der Waals surface area contributed by atoms with Gasteiger partial charge in [0.25, 0.3) is 0 Å². The van der Waals surface area contributed by atoms with Crippen molar-refractivity contribution in [1.82, 2.24) is 0 Å². The highest BCUT2D eigenvalue weighted by atomic mass is 16.5. The molecule has 1 N–H and O–H groups in total. The van der Waals surface area contributed by atoms with E-state index >= 15 is 0 Å². The van der Waals surface area contributed by atoms with Crippen molar-refractivity contribution in [3.05, 3.63) is 65.7 Å². The highest BCUT2D eigenvalue weighted by molar-refractivity contribution is 6.02. The van der Waals surface area contributed by atoms with Gasteiger partial charge in [0.2, 0.25) is 5.91 Å². The second kappa shape index (κ2) is 8.18. The van der Waals surface area contributed by atoms with Crippen molar-refractivity contribution in [2.24, 2.45) is 0 Å². The number of carbonyl (C=O) groups is 1. The Morgan fingerprint density at radius 1 is 1.22 bits per heavy atom. The van der Waals surface area contributed by atoms with Crippen molar-refractivity contribution in [2.75, 3.05) is 12.4 Å². The molecule has 0 bridgehead atoms. The summed E-state index contributed by atoms with van der Waals surface area (Å²) in [5, 5.41) is 2.97. The summed E-state index contributed by atoms with van der Waals surface area (Å²) in [6.45, 7) is 4.31. The van der Waals surface area contributed by atoms with Crippen molar-refractivity contribution in [3.63, 3.8) is 0 Å². The van der Waals surface area contributed by atoms with Gasteiger partial charge in [-0.05, 0) is 47.7 Å². The summed E-state index contributed by atoms with van der Waals surface area (Å²) in [4.78, 5) is 12.2. The molecule has 1 amide bonds. The predicted octanol–water partition coefficient (Wildman–Crippen LogP) is 4.86. The zero-order chi connectivity index (χ0) is 16.7. The van der Waals surface area contributed by atoms with Gasteiger partial charge >= 0.3 is 0 Å². The lowest BCUT2D eigenvalue weighted by Gasteiger charge is -2.14. The molecule has 0 aliphatic rings. The van der Waals surface area contributed by atoms with Gasteiger partial charge in [0, 0.05) is 11.8 Å². The van der Waals surface area contributed by atoms with Gasteiger partial charge in [-0.25, -0.2) is 0 Å². The second-order valence-corrected chi connectivity index (χ2v) is 5.50. The lowest BCUT2D eigenvalue weighted by atomic mass is 9.97. The molecule has 0 fully saturated rings. The van der Waals surface area contributed by atoms with Gasteiger partial charge in [0.05, 0.1) is 7.11 Å². The van der Waals surface area contributed by atoms with Crippen LogP contribution in [0.15, 0.2) is 54.6 Å². The number of methoxy groups -OCH3 is 1. The smallest absolute Gasteiger partial charge is 0.248 e. The van der Waals surface area contributed by atoms with Crippen LogP contribution < -0.4 is 10.1 Å². The van der Waals surface area contributed by atoms with Crippen LogP contribution in [0.5, 0.6) is 5.75 Å². The molecule has 0 saturated carbocycles. The average molecular weight is 309 g/mol. The SMILES string of the molecule is CCC(C)c1ccccc1NC(=O)/C=C/c1cccc(OC)c1. The van der Waals surface area contributed by atoms with Gasteiger partial charge < -0.3 is 10.1 Å². The third kappa shape index (κ3) is 4.71. The van der Waals surface area contributed by atoms with E-state index in [1.807, 2.05) is 42.5 Å². The molecule has 3 heteroatoms. The number of para-hydroxylation sites is 1. The molecular weight excluding hydrogens is 286 g/mol. The van der Waals surface area contributed by atoms with Crippen LogP contribution in [-0.2, 0) is 4.79 Å². The number of anilines is 1. The van der Waals surface area contributed by atoms with E-state index in [-0.39, 0.29) is 5.91 Å². The molecule has 0 aromatic heterocycles. The third-order valence-electron chi connectivity index (χ3n) is 3.88. The Morgan fingerprint density at radius 3 is 2.74 bits per heavy atom. The van der Waals surface area contributed by atoms with Gasteiger partial charge in [0.15, 0.2) is 0 Å². The zero-order valence-corrected chi connectivity index (χ0v) is 13.9. The lowest BCUT2D eigenvalue weighted by molar-refractivity contribution is -0.111. The fraction of sp³-hybridized carbons (Fsp3) is 0.250. The molecule has 120 valence electrons. The van der Waals surface area contributed by atoms with Crippen molar-refractivity contribution in [1.29, 1.82) is 0 Å². The van der Waals surface area contributed by atoms with E-state index < -0.39 is 0 Å². The molecule has 0 aliphatic carbocycles. The first-order chi connectivity index (χ1) is 11.1. The number of rotatable bonds is 6. The third-order valence-corrected chi connectivity index (χ3v) is 3.88. The molecule has 1 unspecified atom stereocenters. The maximum absolute atomic E-state index is 12.2. The van der Waals surface area contributed by atoms with E-state index in [2.05, 4.69) is 25.2 Å². The van der Waals surface area contributed by atoms with Crippen LogP contribution in [-0.4, -0.2) is 13.0 Å². The van der Waals surface area contributed by atoms with Crippen LogP contribution in [0.4, 0.5) is 5.69 Å². The quantitative estimate of drug-likeness (QED) is 0.774. The molecule has 2 aromatic rings. The number of nitrogens with one attached hydrogen (secondary N) is 1. The molecule has 2 rings (SSSR count). The van der Waals surface area contributed by atoms with E-state index in [0.717, 1.165) is 29.0 Å². The minimum Gasteiger partial charge on any atom is -0.497 e. The fourth-order valence-corrected chi connectivity index (χ4v) is 2.35. The van der Waals surface area contributed by atoms with E-state index in [4.69, 9.17) is 4.74 Å². The molecule has 0 radical (unpaired) electrons. The van der Waals surface area contributed by atoms with Gasteiger partial charge in [-0.1, -0.05) is 44.2 Å². The average Bonchev–Trinajstić information content (AvgIpc) is 2.60. The van der Waals surface area contributed by atoms with E-state index in [1.165, 1.54) is 0 Å². The summed E-state index contributed by atoms with van der Waals surface area (Å²) in [5.74, 6) is 1.05. The molecule has 0 aliphatic heterocycles. The normalized spacial score (nSPS) is 12.1. The Bertz CT molecular complexity index is 692. The largest absolute Gasteiger partial charge is 0.497 e. The van der Waals surface area contributed by atoms with Gasteiger partial charge in [-0.3, -0.25) is 4.79 Å². The molecule has 1 atom stereocenters. The summed E-state index contributed by atoms with van der Waals surface area (Å²) >= 11 is 0. The number of carbonyl (C=O) groups excluding carboxylic acids is 1. The molecule has 0 saturated heterocycles. The van der Waals surface area contributed by atoms with Crippen molar-refractivity contribution in [3.8, 4) is 5.75 Å². The number of benzene rings is 2. The monoisotopic (exact) mass is 309 g/mol. The van der Waals surface area contributed by atoms with Gasteiger partial charge in [0.1, 0.15) is 5.75 Å². The Kier molecular flexibility index (Phi) is 5.98. The van der Waals surface area contributed by atoms with Crippen LogP contribution in [0.2, 0.25) is 0 Å². The van der Waals surface area contributed by atoms with Crippen molar-refractivity contribution >= 4 is 17.7 Å². The lowest BCUT2D eigenvalue weighted by Crippen LogP contribution is -2.10. The summed E-state index contributed by atoms with van der Waals surface area (Å²) < 4.78 is 5.18. The molecule has 0 spiro atoms. The van der Waals surface area contributed by atoms with E-state index in [0.29, 0.717) is 5.92 Å². The molecule has 23 heavy (non-hydrogen) atoms. The Balaban J connectivity index is 2.09. The van der Waals surface area contributed by atoms with Gasteiger partial charge in [-0.2, -0.15) is 0 Å². The minimum atomic E-state index is -0.136. The van der Waals surface area contributed by atoms with E-state index in [1.54, 1.807) is 19.3 Å². The summed E-state index contributed by atoms with van der Waals surface area (Å²) in [7, 11) is 1.63. The number of ether oxygens (including phenoxy) is 1. The maximum Gasteiger partial charge on any atom is 0.248 e. The summed E-state index contributed by atoms with van der Waals surface area (Å²) in [6.07, 6.45) is 4.36. The molecule has 0 heterocycles. The van der Waals surface area contributed by atoms with Crippen LogP contribution in [0.3, 0.4) is 0 Å². The van der Waals surface area contributed by atoms with E-state index in [9.17, 15) is 4.79 Å². The molecule has 2 aromatic carbocycles. The summed E-state index contributed by atoms with van der Waals surface area (Å²) in [6, 6.07) is 15.5. The van der Waals surface area contributed by atoms with Gasteiger partial charge in [-0.15, -0.1) is 0 Å². The Labute approximate surface area is 138 Å². The fourth-order valence-electron chi connectivity index (χ4n) is 2.35. The molecular formula is C20H23NO2. The van der Waals surface area contributed by atoms with Crippen molar-refractivity contribution < 1.29 is 9.53 Å². The Morgan fingerprint density at radius 2 is 2.00 bits per heavy atom. The topological polar surface area (TPSA) is 38.3 Å². The highest BCUT2D eigenvalue weighted by Crippen LogP contribution is 2.26. The van der Waals surface area contributed by atoms with Crippen LogP contribution >= 0.6 is 0 Å². The first kappa shape index (κ1) is 16.8. The maximum atomic E-state index is 12.2. The van der Waals surface area contributed by atoms with Crippen molar-refractivity contribution in [2.45, 2.75) is 26.2 Å². The first-order valence-electron chi connectivity index (χ1n) is 7.86. The first-order valence-corrected chi connectivity index (χ1v) is 7.86. The highest BCUT2D eigenvalue weighted by Gasteiger charge is 2.09. The number of hydrogen-bond acceptors (Lipinski definition) is 2. The number of hydrogen-bond donors (Lipinski definition) is 1. The zero-order valence-electron chi connectivity index (χ0n) is 13.9. The van der Waals surface area contributed by atoms with Crippen LogP contribution in [0, 0.1) is 0 Å². The number of amides is 1. The van der Waals surface area contributed by atoms with Crippen LogP contribution in [0.25, 0.3) is 6.08 Å². The summed E-state index contributed by atoms with van der Waals surface area (Å²) in [5.41, 5.74) is 2.97.